The standard InChI is InChI=1S/C47H91NO8/c1-6-8-10-12-14-16-17-18-19-20-21-22-23-24-25-26-27-28-30-32-34-36-38-45(50)56-43(42-55-47(46(51)52)53-40-39-48(3,4)5)41-54-44(49)37-35-33-31-29-15-13-11-9-7-2/h43,47H,6-42H2,1-5H3. The van der Waals surface area contributed by atoms with Gasteiger partial charge in [-0.25, -0.2) is 0 Å². The van der Waals surface area contributed by atoms with Crippen molar-refractivity contribution in [3.63, 3.8) is 0 Å². The molecule has 0 aromatic carbocycles. The van der Waals surface area contributed by atoms with Crippen LogP contribution in [0.3, 0.4) is 0 Å². The third-order valence-corrected chi connectivity index (χ3v) is 10.6. The first-order chi connectivity index (χ1) is 27.1. The maximum absolute atomic E-state index is 12.7. The van der Waals surface area contributed by atoms with E-state index in [1.165, 1.54) is 161 Å². The number of nitrogens with zero attached hydrogens (tertiary/aromatic N) is 1. The van der Waals surface area contributed by atoms with Crippen LogP contribution in [0.25, 0.3) is 0 Å². The summed E-state index contributed by atoms with van der Waals surface area (Å²) in [4.78, 5) is 36.9. The Balaban J connectivity index is 4.22. The van der Waals surface area contributed by atoms with Gasteiger partial charge in [-0.3, -0.25) is 9.59 Å². The van der Waals surface area contributed by atoms with Gasteiger partial charge in [0.05, 0.1) is 40.3 Å². The molecule has 2 unspecified atom stereocenters. The average Bonchev–Trinajstić information content (AvgIpc) is 3.15. The van der Waals surface area contributed by atoms with E-state index < -0.39 is 24.3 Å². The van der Waals surface area contributed by atoms with Gasteiger partial charge < -0.3 is 33.3 Å². The van der Waals surface area contributed by atoms with Crippen LogP contribution in [0.2, 0.25) is 0 Å². The fraction of sp³-hybridized carbons (Fsp3) is 0.936. The zero-order valence-corrected chi connectivity index (χ0v) is 37.5. The van der Waals surface area contributed by atoms with Crippen LogP contribution in [0, 0.1) is 0 Å². The largest absolute Gasteiger partial charge is 0.545 e. The zero-order chi connectivity index (χ0) is 41.4. The van der Waals surface area contributed by atoms with E-state index in [2.05, 4.69) is 13.8 Å². The number of hydrogen-bond acceptors (Lipinski definition) is 8. The summed E-state index contributed by atoms with van der Waals surface area (Å²) < 4.78 is 22.5. The van der Waals surface area contributed by atoms with Crippen molar-refractivity contribution in [3.8, 4) is 0 Å². The molecule has 0 radical (unpaired) electrons. The Labute approximate surface area is 345 Å². The van der Waals surface area contributed by atoms with E-state index in [1.807, 2.05) is 21.1 Å². The smallest absolute Gasteiger partial charge is 0.306 e. The molecule has 56 heavy (non-hydrogen) atoms. The van der Waals surface area contributed by atoms with Crippen LogP contribution in [0.15, 0.2) is 0 Å². The molecule has 0 heterocycles. The minimum absolute atomic E-state index is 0.153. The monoisotopic (exact) mass is 798 g/mol. The van der Waals surface area contributed by atoms with Crippen LogP contribution in [-0.2, 0) is 33.3 Å². The van der Waals surface area contributed by atoms with E-state index in [0.29, 0.717) is 17.4 Å². The number of rotatable bonds is 44. The lowest BCUT2D eigenvalue weighted by molar-refractivity contribution is -0.870. The molecule has 0 saturated carbocycles. The lowest BCUT2D eigenvalue weighted by Crippen LogP contribution is -2.44. The number of esters is 2. The highest BCUT2D eigenvalue weighted by Gasteiger charge is 2.21. The number of ether oxygens (including phenoxy) is 4. The first-order valence-electron chi connectivity index (χ1n) is 23.7. The van der Waals surface area contributed by atoms with Gasteiger partial charge in [0.1, 0.15) is 13.2 Å². The van der Waals surface area contributed by atoms with Crippen LogP contribution in [-0.4, -0.2) is 82.3 Å². The molecular formula is C47H91NO8. The molecular weight excluding hydrogens is 707 g/mol. The van der Waals surface area contributed by atoms with Crippen molar-refractivity contribution in [2.24, 2.45) is 0 Å². The quantitative estimate of drug-likeness (QED) is 0.0259. The molecule has 0 bridgehead atoms. The Morgan fingerprint density at radius 1 is 0.464 bits per heavy atom. The molecule has 9 nitrogen and oxygen atoms in total. The molecule has 0 aliphatic heterocycles. The van der Waals surface area contributed by atoms with Crippen LogP contribution in [0.1, 0.15) is 226 Å². The topological polar surface area (TPSA) is 111 Å². The van der Waals surface area contributed by atoms with Crippen molar-refractivity contribution in [1.29, 1.82) is 0 Å². The van der Waals surface area contributed by atoms with Gasteiger partial charge in [0.2, 0.25) is 0 Å². The summed E-state index contributed by atoms with van der Waals surface area (Å²) in [6.07, 6.45) is 37.2. The van der Waals surface area contributed by atoms with E-state index in [1.54, 1.807) is 0 Å². The van der Waals surface area contributed by atoms with Crippen molar-refractivity contribution in [1.82, 2.24) is 0 Å². The first-order valence-corrected chi connectivity index (χ1v) is 23.7. The molecule has 0 aromatic heterocycles. The third kappa shape index (κ3) is 40.5. The number of aliphatic carboxylic acids is 1. The Kier molecular flexibility index (Phi) is 38.9. The summed E-state index contributed by atoms with van der Waals surface area (Å²) in [5.41, 5.74) is 0. The molecule has 0 aliphatic carbocycles. The number of carboxylic acid groups (broad SMARTS) is 1. The van der Waals surface area contributed by atoms with Crippen molar-refractivity contribution >= 4 is 17.9 Å². The maximum Gasteiger partial charge on any atom is 0.306 e. The van der Waals surface area contributed by atoms with Gasteiger partial charge in [-0.1, -0.05) is 200 Å². The molecule has 0 amide bonds. The highest BCUT2D eigenvalue weighted by molar-refractivity contribution is 5.70. The third-order valence-electron chi connectivity index (χ3n) is 10.6. The summed E-state index contributed by atoms with van der Waals surface area (Å²) in [5, 5.41) is 11.7. The number of carbonyl (C=O) groups is 3. The van der Waals surface area contributed by atoms with Crippen molar-refractivity contribution in [3.05, 3.63) is 0 Å². The Morgan fingerprint density at radius 2 is 0.804 bits per heavy atom. The van der Waals surface area contributed by atoms with Gasteiger partial charge in [-0.2, -0.15) is 0 Å². The van der Waals surface area contributed by atoms with E-state index in [4.69, 9.17) is 18.9 Å². The Hall–Kier alpha value is -1.71. The van der Waals surface area contributed by atoms with Gasteiger partial charge in [-0.15, -0.1) is 0 Å². The average molecular weight is 798 g/mol. The normalized spacial score (nSPS) is 12.8. The van der Waals surface area contributed by atoms with Crippen LogP contribution < -0.4 is 5.11 Å². The number of carboxylic acids is 1. The highest BCUT2D eigenvalue weighted by Crippen LogP contribution is 2.16. The SMILES string of the molecule is CCCCCCCCCCCCCCCCCCCCCCCCC(=O)OC(COC(=O)CCCCCCCCCCC)COC(OCC[N+](C)(C)C)C(=O)[O-]. The van der Waals surface area contributed by atoms with Gasteiger partial charge in [0.15, 0.2) is 12.4 Å². The van der Waals surface area contributed by atoms with Crippen LogP contribution in [0.5, 0.6) is 0 Å². The molecule has 0 aliphatic rings. The van der Waals surface area contributed by atoms with Gasteiger partial charge in [0.25, 0.3) is 0 Å². The second-order valence-corrected chi connectivity index (χ2v) is 17.4. The first kappa shape index (κ1) is 54.3. The van der Waals surface area contributed by atoms with Crippen LogP contribution >= 0.6 is 0 Å². The molecule has 0 fully saturated rings. The van der Waals surface area contributed by atoms with Crippen molar-refractivity contribution < 1.29 is 42.9 Å². The molecule has 9 heteroatoms. The Bertz CT molecular complexity index is 892. The molecule has 0 aromatic rings. The summed E-state index contributed by atoms with van der Waals surface area (Å²) in [5.74, 6) is -2.27. The van der Waals surface area contributed by atoms with E-state index in [-0.39, 0.29) is 32.2 Å². The number of quaternary nitrogens is 1. The fourth-order valence-electron chi connectivity index (χ4n) is 6.89. The number of likely N-dealkylation sites (N-methyl/N-ethyl adjacent to an activating group) is 1. The number of carbonyl (C=O) groups excluding carboxylic acids is 3. The summed E-state index contributed by atoms with van der Waals surface area (Å²) in [7, 11) is 5.91. The van der Waals surface area contributed by atoms with Gasteiger partial charge >= 0.3 is 11.9 Å². The lowest BCUT2D eigenvalue weighted by atomic mass is 10.0. The van der Waals surface area contributed by atoms with Crippen molar-refractivity contribution in [2.75, 3.05) is 47.5 Å². The van der Waals surface area contributed by atoms with Crippen LogP contribution in [0.4, 0.5) is 0 Å². The molecule has 0 rings (SSSR count). The molecule has 332 valence electrons. The summed E-state index contributed by atoms with van der Waals surface area (Å²) >= 11 is 0. The fourth-order valence-corrected chi connectivity index (χ4v) is 6.89. The molecule has 0 spiro atoms. The lowest BCUT2D eigenvalue weighted by Gasteiger charge is -2.26. The second kappa shape index (κ2) is 40.1. The van der Waals surface area contributed by atoms with Crippen molar-refractivity contribution in [2.45, 2.75) is 238 Å². The minimum atomic E-state index is -1.61. The van der Waals surface area contributed by atoms with E-state index >= 15 is 0 Å². The number of hydrogen-bond donors (Lipinski definition) is 0. The molecule has 0 saturated heterocycles. The highest BCUT2D eigenvalue weighted by atomic mass is 16.7. The van der Waals surface area contributed by atoms with Gasteiger partial charge in [-0.05, 0) is 12.8 Å². The van der Waals surface area contributed by atoms with E-state index in [9.17, 15) is 19.5 Å². The maximum atomic E-state index is 12.7. The molecule has 2 atom stereocenters. The predicted molar refractivity (Wildman–Crippen MR) is 228 cm³/mol. The van der Waals surface area contributed by atoms with Gasteiger partial charge in [0, 0.05) is 12.8 Å². The molecule has 0 N–H and O–H groups in total. The summed E-state index contributed by atoms with van der Waals surface area (Å²) in [6.45, 7) is 4.75. The zero-order valence-electron chi connectivity index (χ0n) is 37.5. The summed E-state index contributed by atoms with van der Waals surface area (Å²) in [6, 6.07) is 0. The van der Waals surface area contributed by atoms with E-state index in [0.717, 1.165) is 38.5 Å². The second-order valence-electron chi connectivity index (χ2n) is 17.4. The minimum Gasteiger partial charge on any atom is -0.545 e. The Morgan fingerprint density at radius 3 is 1.14 bits per heavy atom. The number of unbranched alkanes of at least 4 members (excludes halogenated alkanes) is 29. The predicted octanol–water partition coefficient (Wildman–Crippen LogP) is 11.2.